The van der Waals surface area contributed by atoms with Crippen molar-refractivity contribution in [2.75, 3.05) is 13.1 Å². The molecule has 0 atom stereocenters. The maximum absolute atomic E-state index is 5.42. The molecule has 0 aliphatic rings. The summed E-state index contributed by atoms with van der Waals surface area (Å²) in [6.07, 6.45) is 7.62. The number of rotatable bonds is 8. The van der Waals surface area contributed by atoms with Crippen LogP contribution in [0.15, 0.2) is 0 Å². The molecule has 12 heavy (non-hydrogen) atoms. The lowest BCUT2D eigenvalue weighted by Crippen LogP contribution is -2.02. The van der Waals surface area contributed by atoms with E-state index in [9.17, 15) is 0 Å². The van der Waals surface area contributed by atoms with Crippen LogP contribution in [0, 0.1) is 5.92 Å². The van der Waals surface area contributed by atoms with Crippen molar-refractivity contribution >= 4 is 0 Å². The molecular weight excluding hydrogens is 148 g/mol. The van der Waals surface area contributed by atoms with Gasteiger partial charge in [-0.15, -0.1) is 0 Å². The van der Waals surface area contributed by atoms with Crippen LogP contribution in [-0.4, -0.2) is 13.1 Å². The zero-order valence-electron chi connectivity index (χ0n) is 8.39. The summed E-state index contributed by atoms with van der Waals surface area (Å²) in [6.45, 7) is 4.01. The van der Waals surface area contributed by atoms with Crippen LogP contribution >= 0.6 is 0 Å². The van der Waals surface area contributed by atoms with Crippen molar-refractivity contribution < 1.29 is 0 Å². The highest BCUT2D eigenvalue weighted by atomic mass is 14.5. The normalized spacial score (nSPS) is 11.0. The number of hydrogen-bond acceptors (Lipinski definition) is 2. The minimum atomic E-state index is 0.843. The molecule has 0 aliphatic heterocycles. The van der Waals surface area contributed by atoms with Gasteiger partial charge in [-0.2, -0.15) is 0 Å². The first-order valence-electron chi connectivity index (χ1n) is 5.21. The molecular formula is C10H24N2. The molecule has 74 valence electrons. The van der Waals surface area contributed by atoms with E-state index in [1.165, 1.54) is 38.5 Å². The first kappa shape index (κ1) is 11.9. The lowest BCUT2D eigenvalue weighted by molar-refractivity contribution is 0.448. The zero-order valence-corrected chi connectivity index (χ0v) is 8.39. The first-order valence-corrected chi connectivity index (χ1v) is 5.21. The molecule has 2 nitrogen and oxygen atoms in total. The largest absolute Gasteiger partial charge is 0.330 e. The summed E-state index contributed by atoms with van der Waals surface area (Å²) in [6, 6.07) is 0. The molecule has 0 aromatic carbocycles. The summed E-state index contributed by atoms with van der Waals surface area (Å²) in [5.41, 5.74) is 10.8. The van der Waals surface area contributed by atoms with Gasteiger partial charge in [0.1, 0.15) is 0 Å². The maximum atomic E-state index is 5.42. The second-order valence-corrected chi connectivity index (χ2v) is 3.67. The molecule has 0 aromatic heterocycles. The van der Waals surface area contributed by atoms with Crippen molar-refractivity contribution in [1.82, 2.24) is 0 Å². The highest BCUT2D eigenvalue weighted by Crippen LogP contribution is 2.14. The van der Waals surface area contributed by atoms with Crippen molar-refractivity contribution in [3.05, 3.63) is 0 Å². The number of hydrogen-bond donors (Lipinski definition) is 2. The molecule has 0 aliphatic carbocycles. The lowest BCUT2D eigenvalue weighted by atomic mass is 9.98. The highest BCUT2D eigenvalue weighted by Gasteiger charge is 2.00. The maximum Gasteiger partial charge on any atom is -0.00773 e. The van der Waals surface area contributed by atoms with Gasteiger partial charge >= 0.3 is 0 Å². The van der Waals surface area contributed by atoms with Crippen molar-refractivity contribution in [3.63, 3.8) is 0 Å². The quantitative estimate of drug-likeness (QED) is 0.549. The predicted molar refractivity (Wildman–Crippen MR) is 55.0 cm³/mol. The van der Waals surface area contributed by atoms with E-state index in [0.29, 0.717) is 0 Å². The standard InChI is InChI=1S/C10H24N2/c1-10(6-2-4-8-11)7-3-5-9-12/h10H,2-9,11-12H2,1H3. The Balaban J connectivity index is 3.04. The molecule has 4 N–H and O–H groups in total. The monoisotopic (exact) mass is 172 g/mol. The summed E-state index contributed by atoms with van der Waals surface area (Å²) in [7, 11) is 0. The molecule has 0 unspecified atom stereocenters. The molecule has 0 radical (unpaired) electrons. The second kappa shape index (κ2) is 9.01. The smallest absolute Gasteiger partial charge is 0.00773 e. The van der Waals surface area contributed by atoms with Gasteiger partial charge in [0.25, 0.3) is 0 Å². The number of nitrogens with two attached hydrogens (primary N) is 2. The average molecular weight is 172 g/mol. The van der Waals surface area contributed by atoms with Gasteiger partial charge in [-0.25, -0.2) is 0 Å². The van der Waals surface area contributed by atoms with Crippen LogP contribution in [0.5, 0.6) is 0 Å². The van der Waals surface area contributed by atoms with Crippen LogP contribution in [-0.2, 0) is 0 Å². The van der Waals surface area contributed by atoms with Gasteiger partial charge < -0.3 is 11.5 Å². The van der Waals surface area contributed by atoms with E-state index in [1.54, 1.807) is 0 Å². The van der Waals surface area contributed by atoms with Crippen LogP contribution in [0.1, 0.15) is 45.4 Å². The molecule has 0 bridgehead atoms. The van der Waals surface area contributed by atoms with Gasteiger partial charge in [0.2, 0.25) is 0 Å². The Bertz CT molecular complexity index is 73.9. The Morgan fingerprint density at radius 1 is 0.833 bits per heavy atom. The molecule has 0 fully saturated rings. The van der Waals surface area contributed by atoms with Gasteiger partial charge in [-0.3, -0.25) is 0 Å². The first-order chi connectivity index (χ1) is 5.81. The molecule has 0 aromatic rings. The van der Waals surface area contributed by atoms with E-state index >= 15 is 0 Å². The zero-order chi connectivity index (χ0) is 9.23. The Hall–Kier alpha value is -0.0800. The molecule has 0 amide bonds. The Morgan fingerprint density at radius 3 is 1.58 bits per heavy atom. The summed E-state index contributed by atoms with van der Waals surface area (Å²) in [5, 5.41) is 0. The van der Waals surface area contributed by atoms with E-state index in [4.69, 9.17) is 11.5 Å². The fraction of sp³-hybridized carbons (Fsp3) is 1.00. The van der Waals surface area contributed by atoms with Crippen molar-refractivity contribution in [1.29, 1.82) is 0 Å². The van der Waals surface area contributed by atoms with E-state index < -0.39 is 0 Å². The van der Waals surface area contributed by atoms with Crippen LogP contribution in [0.4, 0.5) is 0 Å². The highest BCUT2D eigenvalue weighted by molar-refractivity contribution is 4.54. The minimum Gasteiger partial charge on any atom is -0.330 e. The van der Waals surface area contributed by atoms with Crippen LogP contribution in [0.3, 0.4) is 0 Å². The third-order valence-corrected chi connectivity index (χ3v) is 2.30. The van der Waals surface area contributed by atoms with Crippen LogP contribution in [0.2, 0.25) is 0 Å². The van der Waals surface area contributed by atoms with Crippen molar-refractivity contribution in [2.24, 2.45) is 17.4 Å². The average Bonchev–Trinajstić information content (AvgIpc) is 2.06. The van der Waals surface area contributed by atoms with E-state index in [1.807, 2.05) is 0 Å². The molecule has 0 spiro atoms. The van der Waals surface area contributed by atoms with Gasteiger partial charge in [-0.1, -0.05) is 32.6 Å². The van der Waals surface area contributed by atoms with Gasteiger partial charge in [0.15, 0.2) is 0 Å². The summed E-state index contributed by atoms with van der Waals surface area (Å²) in [4.78, 5) is 0. The molecule has 2 heteroatoms. The minimum absolute atomic E-state index is 0.843. The number of unbranched alkanes of at least 4 members (excludes halogenated alkanes) is 2. The molecule has 0 heterocycles. The van der Waals surface area contributed by atoms with Crippen LogP contribution in [0.25, 0.3) is 0 Å². The van der Waals surface area contributed by atoms with E-state index in [2.05, 4.69) is 6.92 Å². The predicted octanol–water partition coefficient (Wildman–Crippen LogP) is 1.88. The molecule has 0 saturated heterocycles. The fourth-order valence-electron chi connectivity index (χ4n) is 1.42. The Labute approximate surface area is 76.7 Å². The Kier molecular flexibility index (Phi) is 8.95. The van der Waals surface area contributed by atoms with Crippen molar-refractivity contribution in [2.45, 2.75) is 45.4 Å². The summed E-state index contributed by atoms with van der Waals surface area (Å²) >= 11 is 0. The third kappa shape index (κ3) is 8.02. The van der Waals surface area contributed by atoms with Crippen LogP contribution < -0.4 is 11.5 Å². The fourth-order valence-corrected chi connectivity index (χ4v) is 1.42. The summed E-state index contributed by atoms with van der Waals surface area (Å²) in [5.74, 6) is 0.864. The van der Waals surface area contributed by atoms with Gasteiger partial charge in [-0.05, 0) is 31.8 Å². The SMILES string of the molecule is CC(CCCCN)CCCCN. The summed E-state index contributed by atoms with van der Waals surface area (Å²) < 4.78 is 0. The van der Waals surface area contributed by atoms with Gasteiger partial charge in [0.05, 0.1) is 0 Å². The Morgan fingerprint density at radius 2 is 1.25 bits per heavy atom. The molecule has 0 rings (SSSR count). The topological polar surface area (TPSA) is 52.0 Å². The van der Waals surface area contributed by atoms with Crippen molar-refractivity contribution in [3.8, 4) is 0 Å². The van der Waals surface area contributed by atoms with Gasteiger partial charge in [0, 0.05) is 0 Å². The third-order valence-electron chi connectivity index (χ3n) is 2.30. The van der Waals surface area contributed by atoms with E-state index in [0.717, 1.165) is 19.0 Å². The lowest BCUT2D eigenvalue weighted by Gasteiger charge is -2.09. The molecule has 0 saturated carbocycles. The second-order valence-electron chi connectivity index (χ2n) is 3.67. The van der Waals surface area contributed by atoms with E-state index in [-0.39, 0.29) is 0 Å².